The van der Waals surface area contributed by atoms with Gasteiger partial charge < -0.3 is 14.3 Å². The number of rotatable bonds is 1. The summed E-state index contributed by atoms with van der Waals surface area (Å²) in [5, 5.41) is 8.28. The second kappa shape index (κ2) is 5.69. The Balaban J connectivity index is 0.000000317. The van der Waals surface area contributed by atoms with Crippen molar-refractivity contribution in [3.05, 3.63) is 40.8 Å². The van der Waals surface area contributed by atoms with Gasteiger partial charge in [-0.25, -0.2) is 4.79 Å². The van der Waals surface area contributed by atoms with E-state index in [1.54, 1.807) is 12.1 Å². The molecule has 0 amide bonds. The molecular formula is C12H12O5. The van der Waals surface area contributed by atoms with Crippen LogP contribution in [0.5, 0.6) is 5.75 Å². The molecule has 0 radical (unpaired) electrons. The Morgan fingerprint density at radius 3 is 2.53 bits per heavy atom. The number of ether oxygens (including phenoxy) is 1. The van der Waals surface area contributed by atoms with E-state index in [0.717, 1.165) is 12.3 Å². The Morgan fingerprint density at radius 2 is 1.94 bits per heavy atom. The quantitative estimate of drug-likeness (QED) is 0.765. The van der Waals surface area contributed by atoms with Gasteiger partial charge in [-0.05, 0) is 12.1 Å². The van der Waals surface area contributed by atoms with Crippen molar-refractivity contribution in [2.75, 3.05) is 7.11 Å². The summed E-state index contributed by atoms with van der Waals surface area (Å²) in [6.07, 6.45) is 0. The van der Waals surface area contributed by atoms with Gasteiger partial charge >= 0.3 is 5.63 Å². The van der Waals surface area contributed by atoms with Crippen molar-refractivity contribution >= 4 is 16.9 Å². The zero-order valence-corrected chi connectivity index (χ0v) is 9.47. The van der Waals surface area contributed by atoms with Gasteiger partial charge in [-0.1, -0.05) is 18.2 Å². The maximum absolute atomic E-state index is 11.2. The third-order valence-electron chi connectivity index (χ3n) is 1.83. The van der Waals surface area contributed by atoms with Crippen molar-refractivity contribution < 1.29 is 19.1 Å². The Labute approximate surface area is 97.2 Å². The summed E-state index contributed by atoms with van der Waals surface area (Å²) in [6, 6.07) is 8.97. The second-order valence-electron chi connectivity index (χ2n) is 3.16. The van der Waals surface area contributed by atoms with Crippen LogP contribution in [0.1, 0.15) is 6.92 Å². The van der Waals surface area contributed by atoms with Gasteiger partial charge in [0, 0.05) is 12.3 Å². The molecule has 1 heterocycles. The van der Waals surface area contributed by atoms with Crippen molar-refractivity contribution in [2.45, 2.75) is 6.92 Å². The molecule has 0 aliphatic heterocycles. The maximum atomic E-state index is 11.2. The second-order valence-corrected chi connectivity index (χ2v) is 3.16. The highest BCUT2D eigenvalue weighted by atomic mass is 16.5. The van der Waals surface area contributed by atoms with Crippen molar-refractivity contribution in [3.8, 4) is 5.75 Å². The van der Waals surface area contributed by atoms with E-state index in [1.807, 2.05) is 18.2 Å². The molecule has 5 heteroatoms. The van der Waals surface area contributed by atoms with Crippen LogP contribution in [0.3, 0.4) is 0 Å². The average molecular weight is 236 g/mol. The SMILES string of the molecule is CC(=O)O.COc1cc2ccccc2oc1=O. The molecule has 0 saturated carbocycles. The normalized spacial score (nSPS) is 9.29. The number of hydrogen-bond acceptors (Lipinski definition) is 4. The van der Waals surface area contributed by atoms with Crippen LogP contribution in [-0.2, 0) is 4.79 Å². The first-order valence-corrected chi connectivity index (χ1v) is 4.81. The van der Waals surface area contributed by atoms with Gasteiger partial charge in [-0.3, -0.25) is 4.79 Å². The number of para-hydroxylation sites is 1. The fourth-order valence-electron chi connectivity index (χ4n) is 1.19. The molecule has 5 nitrogen and oxygen atoms in total. The standard InChI is InChI=1S/C10H8O3.C2H4O2/c1-12-9-6-7-4-2-3-5-8(7)13-10(9)11;1-2(3)4/h2-6H,1H3;1H3,(H,3,4). The van der Waals surface area contributed by atoms with Crippen molar-refractivity contribution in [3.63, 3.8) is 0 Å². The molecule has 2 rings (SSSR count). The largest absolute Gasteiger partial charge is 0.490 e. The highest BCUT2D eigenvalue weighted by Gasteiger charge is 2.02. The lowest BCUT2D eigenvalue weighted by Gasteiger charge is -1.99. The van der Waals surface area contributed by atoms with Crippen molar-refractivity contribution in [1.82, 2.24) is 0 Å². The molecule has 0 spiro atoms. The molecule has 1 aromatic heterocycles. The summed E-state index contributed by atoms with van der Waals surface area (Å²) in [7, 11) is 1.45. The summed E-state index contributed by atoms with van der Waals surface area (Å²) in [6.45, 7) is 1.08. The number of benzene rings is 1. The minimum Gasteiger partial charge on any atom is -0.490 e. The zero-order chi connectivity index (χ0) is 12.8. The summed E-state index contributed by atoms with van der Waals surface area (Å²) in [5.74, 6) is -0.598. The van der Waals surface area contributed by atoms with Gasteiger partial charge in [-0.15, -0.1) is 0 Å². The molecule has 0 aliphatic carbocycles. The van der Waals surface area contributed by atoms with Gasteiger partial charge in [0.25, 0.3) is 5.97 Å². The number of methoxy groups -OCH3 is 1. The van der Waals surface area contributed by atoms with Crippen LogP contribution < -0.4 is 10.4 Å². The fourth-order valence-corrected chi connectivity index (χ4v) is 1.19. The molecule has 0 saturated heterocycles. The number of hydrogen-bond donors (Lipinski definition) is 1. The molecule has 0 fully saturated rings. The number of aliphatic carboxylic acids is 1. The lowest BCUT2D eigenvalue weighted by molar-refractivity contribution is -0.134. The van der Waals surface area contributed by atoms with E-state index in [2.05, 4.69) is 0 Å². The Morgan fingerprint density at radius 1 is 1.35 bits per heavy atom. The first kappa shape index (κ1) is 12.8. The van der Waals surface area contributed by atoms with Gasteiger partial charge in [0.1, 0.15) is 5.58 Å². The van der Waals surface area contributed by atoms with Crippen LogP contribution in [0, 0.1) is 0 Å². The lowest BCUT2D eigenvalue weighted by atomic mass is 10.2. The van der Waals surface area contributed by atoms with Gasteiger partial charge in [0.05, 0.1) is 7.11 Å². The van der Waals surface area contributed by atoms with Crippen LogP contribution in [0.25, 0.3) is 11.0 Å². The summed E-state index contributed by atoms with van der Waals surface area (Å²) in [4.78, 5) is 20.2. The topological polar surface area (TPSA) is 76.7 Å². The molecular weight excluding hydrogens is 224 g/mol. The van der Waals surface area contributed by atoms with E-state index in [9.17, 15) is 4.79 Å². The number of carboxylic acid groups (broad SMARTS) is 1. The molecule has 1 N–H and O–H groups in total. The minimum absolute atomic E-state index is 0.235. The number of carboxylic acids is 1. The first-order chi connectivity index (χ1) is 8.04. The molecule has 17 heavy (non-hydrogen) atoms. The van der Waals surface area contributed by atoms with E-state index in [1.165, 1.54) is 7.11 Å². The van der Waals surface area contributed by atoms with E-state index in [0.29, 0.717) is 5.58 Å². The monoisotopic (exact) mass is 236 g/mol. The van der Waals surface area contributed by atoms with Crippen LogP contribution in [0.2, 0.25) is 0 Å². The van der Waals surface area contributed by atoms with Crippen LogP contribution >= 0.6 is 0 Å². The molecule has 90 valence electrons. The van der Waals surface area contributed by atoms with Gasteiger partial charge in [0.2, 0.25) is 5.75 Å². The van der Waals surface area contributed by atoms with Gasteiger partial charge in [0.15, 0.2) is 0 Å². The molecule has 0 atom stereocenters. The van der Waals surface area contributed by atoms with Crippen LogP contribution in [-0.4, -0.2) is 18.2 Å². The number of fused-ring (bicyclic) bond motifs is 1. The molecule has 2 aromatic rings. The van der Waals surface area contributed by atoms with Crippen molar-refractivity contribution in [2.24, 2.45) is 0 Å². The molecule has 1 aromatic carbocycles. The van der Waals surface area contributed by atoms with E-state index in [4.69, 9.17) is 19.1 Å². The average Bonchev–Trinajstić information content (AvgIpc) is 2.27. The molecule has 0 unspecified atom stereocenters. The molecule has 0 aliphatic rings. The Kier molecular flexibility index (Phi) is 4.28. The van der Waals surface area contributed by atoms with E-state index in [-0.39, 0.29) is 5.75 Å². The third kappa shape index (κ3) is 3.64. The van der Waals surface area contributed by atoms with Crippen LogP contribution in [0.15, 0.2) is 39.5 Å². The summed E-state index contributed by atoms with van der Waals surface area (Å²) >= 11 is 0. The highest BCUT2D eigenvalue weighted by molar-refractivity contribution is 5.77. The van der Waals surface area contributed by atoms with Gasteiger partial charge in [-0.2, -0.15) is 0 Å². The number of carbonyl (C=O) groups is 1. The van der Waals surface area contributed by atoms with E-state index < -0.39 is 11.6 Å². The first-order valence-electron chi connectivity index (χ1n) is 4.81. The van der Waals surface area contributed by atoms with Crippen LogP contribution in [0.4, 0.5) is 0 Å². The summed E-state index contributed by atoms with van der Waals surface area (Å²) in [5.41, 5.74) is 0.134. The van der Waals surface area contributed by atoms with Crippen molar-refractivity contribution in [1.29, 1.82) is 0 Å². The predicted octanol–water partition coefficient (Wildman–Crippen LogP) is 1.89. The minimum atomic E-state index is -0.833. The maximum Gasteiger partial charge on any atom is 0.379 e. The third-order valence-corrected chi connectivity index (χ3v) is 1.83. The predicted molar refractivity (Wildman–Crippen MR) is 62.3 cm³/mol. The summed E-state index contributed by atoms with van der Waals surface area (Å²) < 4.78 is 9.85. The smallest absolute Gasteiger partial charge is 0.379 e. The molecule has 0 bridgehead atoms. The highest BCUT2D eigenvalue weighted by Crippen LogP contribution is 2.15. The Bertz CT molecular complexity index is 566. The lowest BCUT2D eigenvalue weighted by Crippen LogP contribution is -2.02. The fraction of sp³-hybridized carbons (Fsp3) is 0.167. The Hall–Kier alpha value is -2.30. The zero-order valence-electron chi connectivity index (χ0n) is 9.47. The van der Waals surface area contributed by atoms with E-state index >= 15 is 0 Å².